The highest BCUT2D eigenvalue weighted by atomic mass is 16.7. The number of hydrogen-bond donors (Lipinski definition) is 1. The molecule has 6 rings (SSSR count). The van der Waals surface area contributed by atoms with Crippen molar-refractivity contribution >= 4 is 22.8 Å². The summed E-state index contributed by atoms with van der Waals surface area (Å²) in [4.78, 5) is 28.1. The third-order valence-electron chi connectivity index (χ3n) is 8.33. The molecule has 0 aliphatic carbocycles. The third-order valence-corrected chi connectivity index (χ3v) is 8.33. The summed E-state index contributed by atoms with van der Waals surface area (Å²) in [6, 6.07) is 9.41. The number of nitrogens with zero attached hydrogens (tertiary/aromatic N) is 2. The van der Waals surface area contributed by atoms with E-state index in [0.717, 1.165) is 72.8 Å². The summed E-state index contributed by atoms with van der Waals surface area (Å²) in [7, 11) is 3.17. The number of rotatable bonds is 11. The number of cyclic esters (lactones) is 1. The summed E-state index contributed by atoms with van der Waals surface area (Å²) in [5.74, 6) is 2.61. The Labute approximate surface area is 249 Å². The van der Waals surface area contributed by atoms with Crippen molar-refractivity contribution in [3.63, 3.8) is 0 Å². The minimum atomic E-state index is -0.839. The van der Waals surface area contributed by atoms with Gasteiger partial charge in [-0.3, -0.25) is 4.90 Å². The number of methoxy groups -OCH3 is 2. The fourth-order valence-electron chi connectivity index (χ4n) is 6.05. The number of carbonyl (C=O) groups is 2. The lowest BCUT2D eigenvalue weighted by molar-refractivity contribution is 0.0534. The maximum atomic E-state index is 13.2. The molecule has 11 heteroatoms. The number of carboxylic acid groups (broad SMARTS) is 1. The molecule has 0 unspecified atom stereocenters. The average molecular weight is 593 g/mol. The van der Waals surface area contributed by atoms with Crippen LogP contribution < -0.4 is 23.7 Å². The van der Waals surface area contributed by atoms with Gasteiger partial charge in [-0.05, 0) is 54.6 Å². The van der Waals surface area contributed by atoms with Gasteiger partial charge < -0.3 is 38.4 Å². The molecule has 1 fully saturated rings. The highest BCUT2D eigenvalue weighted by Crippen LogP contribution is 2.49. The number of fused-ring (bicyclic) bond motifs is 3. The molecule has 3 heterocycles. The number of amides is 1. The summed E-state index contributed by atoms with van der Waals surface area (Å²) in [5, 5.41) is 10.7. The van der Waals surface area contributed by atoms with Crippen LogP contribution >= 0.6 is 0 Å². The van der Waals surface area contributed by atoms with Crippen LogP contribution in [0.25, 0.3) is 21.9 Å². The number of carbonyl (C=O) groups excluding carboxylic acids is 1. The number of hydrogen-bond acceptors (Lipinski definition) is 9. The van der Waals surface area contributed by atoms with Crippen LogP contribution in [0.15, 0.2) is 30.3 Å². The van der Waals surface area contributed by atoms with Crippen LogP contribution in [-0.2, 0) is 11.3 Å². The fraction of sp³-hybridized carbons (Fsp3) is 0.438. The Morgan fingerprint density at radius 3 is 2.33 bits per heavy atom. The lowest BCUT2D eigenvalue weighted by atomic mass is 9.89. The van der Waals surface area contributed by atoms with E-state index >= 15 is 0 Å². The predicted molar refractivity (Wildman–Crippen MR) is 158 cm³/mol. The summed E-state index contributed by atoms with van der Waals surface area (Å²) < 4.78 is 34.4. The van der Waals surface area contributed by atoms with Crippen molar-refractivity contribution in [2.24, 2.45) is 0 Å². The highest BCUT2D eigenvalue weighted by Gasteiger charge is 2.33. The number of ether oxygens (including phenoxy) is 6. The van der Waals surface area contributed by atoms with E-state index in [0.29, 0.717) is 54.0 Å². The molecule has 3 aromatic rings. The Kier molecular flexibility index (Phi) is 8.33. The van der Waals surface area contributed by atoms with Crippen molar-refractivity contribution in [2.75, 3.05) is 60.3 Å². The normalized spacial score (nSPS) is 15.9. The highest BCUT2D eigenvalue weighted by molar-refractivity contribution is 6.14. The van der Waals surface area contributed by atoms with Gasteiger partial charge in [0.1, 0.15) is 12.4 Å². The van der Waals surface area contributed by atoms with E-state index in [4.69, 9.17) is 33.5 Å². The molecule has 0 bridgehead atoms. The zero-order valence-corrected chi connectivity index (χ0v) is 24.5. The molecule has 43 heavy (non-hydrogen) atoms. The van der Waals surface area contributed by atoms with Crippen LogP contribution in [0.5, 0.6) is 28.7 Å². The second-order valence-electron chi connectivity index (χ2n) is 10.8. The van der Waals surface area contributed by atoms with Crippen molar-refractivity contribution in [2.45, 2.75) is 32.3 Å². The first-order valence-electron chi connectivity index (χ1n) is 14.6. The first kappa shape index (κ1) is 28.7. The van der Waals surface area contributed by atoms with E-state index in [2.05, 4.69) is 4.90 Å². The van der Waals surface area contributed by atoms with E-state index in [9.17, 15) is 9.59 Å². The summed E-state index contributed by atoms with van der Waals surface area (Å²) in [6.45, 7) is 4.44. The van der Waals surface area contributed by atoms with Crippen molar-refractivity contribution in [1.82, 2.24) is 9.80 Å². The Morgan fingerprint density at radius 2 is 1.58 bits per heavy atom. The van der Waals surface area contributed by atoms with Gasteiger partial charge in [-0.2, -0.15) is 0 Å². The summed E-state index contributed by atoms with van der Waals surface area (Å²) in [5.41, 5.74) is 2.73. The van der Waals surface area contributed by atoms with Gasteiger partial charge in [0.2, 0.25) is 6.79 Å². The molecule has 1 saturated heterocycles. The van der Waals surface area contributed by atoms with Gasteiger partial charge in [0.15, 0.2) is 23.0 Å². The van der Waals surface area contributed by atoms with Crippen molar-refractivity contribution in [3.8, 4) is 39.9 Å². The SMILES string of the molecule is COc1cc2c(OCCCCCCN3CCN(C(=O)O)CC3)c3c(c(-c4ccc5c(c4)OCO5)c2cc1OC)C(=O)OC3. The molecule has 11 nitrogen and oxygen atoms in total. The van der Waals surface area contributed by atoms with Gasteiger partial charge in [-0.1, -0.05) is 18.9 Å². The molecule has 1 amide bonds. The molecule has 3 aliphatic rings. The van der Waals surface area contributed by atoms with E-state index < -0.39 is 12.1 Å². The van der Waals surface area contributed by atoms with Crippen LogP contribution in [-0.4, -0.2) is 87.3 Å². The lowest BCUT2D eigenvalue weighted by Crippen LogP contribution is -2.48. The van der Waals surface area contributed by atoms with Crippen LogP contribution in [0.3, 0.4) is 0 Å². The first-order valence-corrected chi connectivity index (χ1v) is 14.6. The van der Waals surface area contributed by atoms with Gasteiger partial charge in [-0.25, -0.2) is 9.59 Å². The van der Waals surface area contributed by atoms with E-state index in [1.54, 1.807) is 14.2 Å². The van der Waals surface area contributed by atoms with Gasteiger partial charge in [0.25, 0.3) is 0 Å². The zero-order valence-electron chi connectivity index (χ0n) is 24.5. The van der Waals surface area contributed by atoms with Crippen LogP contribution in [0.1, 0.15) is 41.6 Å². The average Bonchev–Trinajstić information content (AvgIpc) is 3.66. The molecule has 0 atom stereocenters. The largest absolute Gasteiger partial charge is 0.493 e. The van der Waals surface area contributed by atoms with Gasteiger partial charge >= 0.3 is 12.1 Å². The second-order valence-corrected chi connectivity index (χ2v) is 10.8. The monoisotopic (exact) mass is 592 g/mol. The quantitative estimate of drug-likeness (QED) is 0.236. The molecule has 3 aliphatic heterocycles. The van der Waals surface area contributed by atoms with Crippen LogP contribution in [0.4, 0.5) is 4.79 Å². The Bertz CT molecular complexity index is 1530. The Morgan fingerprint density at radius 1 is 0.860 bits per heavy atom. The molecular weight excluding hydrogens is 556 g/mol. The van der Waals surface area contributed by atoms with E-state index in [-0.39, 0.29) is 13.4 Å². The van der Waals surface area contributed by atoms with Gasteiger partial charge in [0, 0.05) is 42.7 Å². The standard InChI is InChI=1S/C32H36N2O9/c1-38-25-16-21-22(17-26(25)39-2)30(40-14-6-4-3-5-9-33-10-12-34(13-11-33)32(36)37)23-18-41-31(35)29(23)28(21)20-7-8-24-27(15-20)43-19-42-24/h7-8,15-17H,3-6,9-14,18-19H2,1-2H3,(H,36,37). The number of piperazine rings is 1. The molecular formula is C32H36N2O9. The third kappa shape index (κ3) is 5.69. The zero-order chi connectivity index (χ0) is 29.9. The molecule has 0 saturated carbocycles. The van der Waals surface area contributed by atoms with Crippen molar-refractivity contribution in [1.29, 1.82) is 0 Å². The summed E-state index contributed by atoms with van der Waals surface area (Å²) >= 11 is 0. The van der Waals surface area contributed by atoms with Gasteiger partial charge in [0.05, 0.1) is 26.4 Å². The minimum absolute atomic E-state index is 0.125. The van der Waals surface area contributed by atoms with Crippen molar-refractivity contribution in [3.05, 3.63) is 41.5 Å². The van der Waals surface area contributed by atoms with Crippen LogP contribution in [0.2, 0.25) is 0 Å². The maximum Gasteiger partial charge on any atom is 0.407 e. The second kappa shape index (κ2) is 12.5. The van der Waals surface area contributed by atoms with Crippen molar-refractivity contribution < 1.29 is 43.1 Å². The maximum absolute atomic E-state index is 13.2. The minimum Gasteiger partial charge on any atom is -0.493 e. The van der Waals surface area contributed by atoms with E-state index in [1.807, 2.05) is 30.3 Å². The molecule has 0 aromatic heterocycles. The number of unbranched alkanes of at least 4 members (excludes halogenated alkanes) is 3. The Balaban J connectivity index is 1.21. The number of esters is 1. The Hall–Kier alpha value is -4.38. The van der Waals surface area contributed by atoms with Gasteiger partial charge in [-0.15, -0.1) is 0 Å². The van der Waals surface area contributed by atoms with Crippen LogP contribution in [0, 0.1) is 0 Å². The molecule has 0 spiro atoms. The summed E-state index contributed by atoms with van der Waals surface area (Å²) in [6.07, 6.45) is 3.12. The molecule has 0 radical (unpaired) electrons. The predicted octanol–water partition coefficient (Wildman–Crippen LogP) is 5.16. The first-order chi connectivity index (χ1) is 21.0. The molecule has 1 N–H and O–H groups in total. The lowest BCUT2D eigenvalue weighted by Gasteiger charge is -2.33. The fourth-order valence-corrected chi connectivity index (χ4v) is 6.05. The molecule has 228 valence electrons. The number of benzene rings is 3. The smallest absolute Gasteiger partial charge is 0.407 e. The molecule has 3 aromatic carbocycles. The topological polar surface area (TPSA) is 116 Å². The van der Waals surface area contributed by atoms with E-state index in [1.165, 1.54) is 4.90 Å².